The van der Waals surface area contributed by atoms with E-state index in [0.29, 0.717) is 0 Å². The predicted octanol–water partition coefficient (Wildman–Crippen LogP) is 2.07. The standard InChI is InChI=1S/C4H9.C3H7.Al.2H/c1-3-4-2;1-3-2;;;/h1,3-4H2,2H3;1,3H2,2H3;;;. The molecular weight excluding hydrogens is 111 g/mol. The van der Waals surface area contributed by atoms with Crippen LogP contribution in [0.3, 0.4) is 0 Å². The molecule has 8 heavy (non-hydrogen) atoms. The van der Waals surface area contributed by atoms with Gasteiger partial charge in [0.1, 0.15) is 0 Å². The molecule has 1 radical (unpaired) electrons. The van der Waals surface area contributed by atoms with Crippen LogP contribution in [0.25, 0.3) is 0 Å². The van der Waals surface area contributed by atoms with Crippen molar-refractivity contribution in [2.45, 2.75) is 38.4 Å². The molecule has 0 aromatic heterocycles. The lowest BCUT2D eigenvalue weighted by molar-refractivity contribution is 0.884. The minimum Gasteiger partial charge on any atom is -0.101 e. The van der Waals surface area contributed by atoms with Crippen molar-refractivity contribution in [3.63, 3.8) is 0 Å². The summed E-state index contributed by atoms with van der Waals surface area (Å²) in [6, 6.07) is 0. The summed E-state index contributed by atoms with van der Waals surface area (Å²) >= 11 is 1.40. The van der Waals surface area contributed by atoms with Crippen LogP contribution in [0.5, 0.6) is 0 Å². The Morgan fingerprint density at radius 3 is 1.75 bits per heavy atom. The van der Waals surface area contributed by atoms with Crippen LogP contribution < -0.4 is 0 Å². The molecule has 0 aliphatic heterocycles. The summed E-state index contributed by atoms with van der Waals surface area (Å²) in [7, 11) is 0. The topological polar surface area (TPSA) is 0 Å². The normalized spacial score (nSPS) is 7.38. The molecule has 0 aromatic carbocycles. The van der Waals surface area contributed by atoms with Gasteiger partial charge in [0.05, 0.1) is 0 Å². The average Bonchev–Trinajstić information content (AvgIpc) is 1.71. The molecule has 0 unspecified atom stereocenters. The van der Waals surface area contributed by atoms with Crippen LogP contribution >= 0.6 is 0 Å². The third-order valence-corrected chi connectivity index (χ3v) is 1.41. The first-order valence-electron chi connectivity index (χ1n) is 3.62. The SMILES string of the molecule is CCC[CH2][AlH2].[CH2]CC. The van der Waals surface area contributed by atoms with Gasteiger partial charge in [-0.05, 0) is 0 Å². The Morgan fingerprint density at radius 1 is 1.38 bits per heavy atom. The van der Waals surface area contributed by atoms with Gasteiger partial charge >= 0.3 is 0 Å². The summed E-state index contributed by atoms with van der Waals surface area (Å²) in [6.45, 7) is 7.73. The smallest absolute Gasteiger partial charge is 0.101 e. The largest absolute Gasteiger partial charge is 0.211 e. The van der Waals surface area contributed by atoms with Gasteiger partial charge in [-0.3, -0.25) is 0 Å². The van der Waals surface area contributed by atoms with E-state index in [9.17, 15) is 0 Å². The first-order chi connectivity index (χ1) is 3.83. The lowest BCUT2D eigenvalue weighted by atomic mass is 10.4. The molecule has 0 nitrogen and oxygen atoms in total. The van der Waals surface area contributed by atoms with Crippen LogP contribution in [0, 0.1) is 6.92 Å². The van der Waals surface area contributed by atoms with Crippen molar-refractivity contribution in [2.75, 3.05) is 0 Å². The molecule has 0 aromatic rings. The predicted molar refractivity (Wildman–Crippen MR) is 43.9 cm³/mol. The fourth-order valence-corrected chi connectivity index (χ4v) is 1.06. The molecule has 0 spiro atoms. The van der Waals surface area contributed by atoms with Crippen LogP contribution in [0.2, 0.25) is 5.28 Å². The monoisotopic (exact) mass is 129 g/mol. The molecule has 0 aliphatic carbocycles. The summed E-state index contributed by atoms with van der Waals surface area (Å²) < 4.78 is 0. The molecule has 0 saturated heterocycles. The molecule has 0 N–H and O–H groups in total. The molecule has 49 valence electrons. The molecule has 0 heterocycles. The minimum absolute atomic E-state index is 1.00. The molecular formula is C7H18Al. The highest BCUT2D eigenvalue weighted by atomic mass is 27.0. The summed E-state index contributed by atoms with van der Waals surface area (Å²) in [6.07, 6.45) is 3.83. The van der Waals surface area contributed by atoms with Gasteiger partial charge < -0.3 is 0 Å². The van der Waals surface area contributed by atoms with E-state index in [-0.39, 0.29) is 0 Å². The Hall–Kier alpha value is 0.532. The fourth-order valence-electron chi connectivity index (χ4n) is 0.354. The Bertz CT molecular complexity index is 18.3. The lowest BCUT2D eigenvalue weighted by Crippen LogP contribution is -1.63. The maximum Gasteiger partial charge on any atom is 0.211 e. The maximum atomic E-state index is 3.49. The number of rotatable bonds is 2. The highest BCUT2D eigenvalue weighted by molar-refractivity contribution is 6.08. The van der Waals surface area contributed by atoms with Crippen molar-refractivity contribution in [2.24, 2.45) is 0 Å². The van der Waals surface area contributed by atoms with Crippen LogP contribution in [0.1, 0.15) is 33.1 Å². The Morgan fingerprint density at radius 2 is 1.75 bits per heavy atom. The summed E-state index contributed by atoms with van der Waals surface area (Å²) in [5, 5.41) is 1.48. The van der Waals surface area contributed by atoms with E-state index in [4.69, 9.17) is 0 Å². The maximum absolute atomic E-state index is 3.49. The van der Waals surface area contributed by atoms with Gasteiger partial charge in [0, 0.05) is 0 Å². The Labute approximate surface area is 62.1 Å². The minimum atomic E-state index is 1.00. The molecule has 0 fully saturated rings. The third-order valence-electron chi connectivity index (χ3n) is 0.707. The molecule has 0 aliphatic rings. The van der Waals surface area contributed by atoms with Gasteiger partial charge in [0.2, 0.25) is 16.3 Å². The molecule has 0 saturated carbocycles. The van der Waals surface area contributed by atoms with Crippen molar-refractivity contribution < 1.29 is 0 Å². The zero-order chi connectivity index (χ0) is 6.83. The Kier molecular flexibility index (Phi) is 22.2. The van der Waals surface area contributed by atoms with Crippen molar-refractivity contribution in [1.82, 2.24) is 0 Å². The summed E-state index contributed by atoms with van der Waals surface area (Å²) in [5.74, 6) is 0. The number of hydrogen-bond acceptors (Lipinski definition) is 0. The molecule has 0 atom stereocenters. The van der Waals surface area contributed by atoms with Crippen LogP contribution in [-0.4, -0.2) is 16.3 Å². The molecule has 0 rings (SSSR count). The molecule has 0 bridgehead atoms. The van der Waals surface area contributed by atoms with Gasteiger partial charge in [-0.1, -0.05) is 40.0 Å². The first-order valence-corrected chi connectivity index (χ1v) is 5.04. The summed E-state index contributed by atoms with van der Waals surface area (Å²) in [5.41, 5.74) is 0. The van der Waals surface area contributed by atoms with Gasteiger partial charge in [-0.15, -0.1) is 5.28 Å². The second-order valence-corrected chi connectivity index (χ2v) is 2.85. The quantitative estimate of drug-likeness (QED) is 0.501. The zero-order valence-corrected chi connectivity index (χ0v) is 8.54. The van der Waals surface area contributed by atoms with Crippen molar-refractivity contribution in [3.8, 4) is 0 Å². The van der Waals surface area contributed by atoms with Crippen LogP contribution in [-0.2, 0) is 0 Å². The van der Waals surface area contributed by atoms with E-state index in [1.165, 1.54) is 34.4 Å². The van der Waals surface area contributed by atoms with E-state index in [0.717, 1.165) is 6.42 Å². The molecule has 1 heteroatoms. The second kappa shape index (κ2) is 15.6. The Balaban J connectivity index is 0. The summed E-state index contributed by atoms with van der Waals surface area (Å²) in [4.78, 5) is 0. The van der Waals surface area contributed by atoms with E-state index in [1.807, 2.05) is 6.92 Å². The highest BCUT2D eigenvalue weighted by Gasteiger charge is 1.69. The van der Waals surface area contributed by atoms with Gasteiger partial charge in [0.25, 0.3) is 0 Å². The number of unbranched alkanes of at least 4 members (excludes halogenated alkanes) is 1. The lowest BCUT2D eigenvalue weighted by Gasteiger charge is -1.78. The van der Waals surface area contributed by atoms with E-state index < -0.39 is 0 Å². The zero-order valence-electron chi connectivity index (χ0n) is 6.54. The van der Waals surface area contributed by atoms with Gasteiger partial charge in [0.15, 0.2) is 0 Å². The van der Waals surface area contributed by atoms with Gasteiger partial charge in [-0.2, -0.15) is 0 Å². The first kappa shape index (κ1) is 11.3. The van der Waals surface area contributed by atoms with E-state index >= 15 is 0 Å². The van der Waals surface area contributed by atoms with E-state index in [2.05, 4.69) is 13.8 Å². The fraction of sp³-hybridized carbons (Fsp3) is 0.857. The van der Waals surface area contributed by atoms with Crippen molar-refractivity contribution in [3.05, 3.63) is 6.92 Å². The van der Waals surface area contributed by atoms with Crippen LogP contribution in [0.4, 0.5) is 0 Å². The molecule has 0 amide bonds. The van der Waals surface area contributed by atoms with E-state index in [1.54, 1.807) is 0 Å². The van der Waals surface area contributed by atoms with Crippen molar-refractivity contribution >= 4 is 16.3 Å². The average molecular weight is 129 g/mol. The highest BCUT2D eigenvalue weighted by Crippen LogP contribution is 1.86. The third kappa shape index (κ3) is 31.2. The van der Waals surface area contributed by atoms with Crippen LogP contribution in [0.15, 0.2) is 0 Å². The second-order valence-electron chi connectivity index (χ2n) is 1.85. The number of hydrogen-bond donors (Lipinski definition) is 0. The van der Waals surface area contributed by atoms with Crippen molar-refractivity contribution in [1.29, 1.82) is 0 Å². The van der Waals surface area contributed by atoms with Gasteiger partial charge in [-0.25, -0.2) is 0 Å².